The Labute approximate surface area is 172 Å². The topological polar surface area (TPSA) is 111 Å². The fourth-order valence-corrected chi connectivity index (χ4v) is 7.11. The predicted molar refractivity (Wildman–Crippen MR) is 107 cm³/mol. The van der Waals surface area contributed by atoms with E-state index in [2.05, 4.69) is 4.99 Å². The molecule has 3 aliphatic carbocycles. The third-order valence-electron chi connectivity index (χ3n) is 6.99. The third kappa shape index (κ3) is 1.97. The van der Waals surface area contributed by atoms with Gasteiger partial charge in [0.25, 0.3) is 0 Å². The standard InChI is InChI=1S/C22H17NO6S/c1-22-4-2-3-10-9-29-20(15(10)22)18(25)13-7-11-12(8-14(13)22)19(26)21-16(17(11)24)23-5-6-30(21,27)28/h7-9,21H,2-6H2,1H3. The monoisotopic (exact) mass is 423 g/mol. The molecule has 152 valence electrons. The van der Waals surface area contributed by atoms with Crippen molar-refractivity contribution < 1.29 is 27.2 Å². The van der Waals surface area contributed by atoms with Gasteiger partial charge < -0.3 is 4.42 Å². The lowest BCUT2D eigenvalue weighted by atomic mass is 9.62. The zero-order valence-corrected chi connectivity index (χ0v) is 17.0. The van der Waals surface area contributed by atoms with Crippen molar-refractivity contribution in [1.29, 1.82) is 0 Å². The van der Waals surface area contributed by atoms with Crippen molar-refractivity contribution in [3.63, 3.8) is 0 Å². The van der Waals surface area contributed by atoms with Crippen molar-refractivity contribution >= 4 is 32.9 Å². The number of carbonyl (C=O) groups is 3. The van der Waals surface area contributed by atoms with Crippen LogP contribution in [0.4, 0.5) is 0 Å². The molecule has 2 unspecified atom stereocenters. The molecule has 8 heteroatoms. The van der Waals surface area contributed by atoms with Gasteiger partial charge in [-0.1, -0.05) is 6.92 Å². The van der Waals surface area contributed by atoms with Crippen LogP contribution in [-0.2, 0) is 21.7 Å². The highest BCUT2D eigenvalue weighted by molar-refractivity contribution is 7.93. The van der Waals surface area contributed by atoms with Crippen LogP contribution in [-0.4, -0.2) is 49.0 Å². The van der Waals surface area contributed by atoms with Gasteiger partial charge in [0.15, 0.2) is 26.6 Å². The van der Waals surface area contributed by atoms with Crippen LogP contribution in [0.2, 0.25) is 0 Å². The first-order chi connectivity index (χ1) is 14.2. The molecule has 0 saturated heterocycles. The summed E-state index contributed by atoms with van der Waals surface area (Å²) in [6.45, 7) is 1.98. The van der Waals surface area contributed by atoms with Gasteiger partial charge in [0, 0.05) is 27.7 Å². The first kappa shape index (κ1) is 17.9. The van der Waals surface area contributed by atoms with Gasteiger partial charge in [-0.25, -0.2) is 8.42 Å². The van der Waals surface area contributed by atoms with E-state index in [1.807, 2.05) is 6.92 Å². The molecule has 0 saturated carbocycles. The molecule has 1 aliphatic heterocycles. The van der Waals surface area contributed by atoms with Crippen molar-refractivity contribution in [3.05, 3.63) is 57.5 Å². The number of nitrogens with zero attached hydrogens (tertiary/aromatic N) is 1. The van der Waals surface area contributed by atoms with Crippen LogP contribution in [0.25, 0.3) is 0 Å². The van der Waals surface area contributed by atoms with E-state index in [0.29, 0.717) is 16.9 Å². The fraction of sp³-hybridized carbons (Fsp3) is 0.364. The average Bonchev–Trinajstić information content (AvgIpc) is 3.15. The number of Topliss-reactive ketones (excluding diaryl/α,β-unsaturated/α-hetero) is 2. The van der Waals surface area contributed by atoms with E-state index >= 15 is 0 Å². The molecular weight excluding hydrogens is 406 g/mol. The van der Waals surface area contributed by atoms with Crippen molar-refractivity contribution in [2.75, 3.05) is 12.3 Å². The maximum Gasteiger partial charge on any atom is 0.228 e. The average molecular weight is 423 g/mol. The molecule has 4 aliphatic rings. The quantitative estimate of drug-likeness (QED) is 0.642. The Hall–Kier alpha value is -2.87. The fourth-order valence-electron chi connectivity index (χ4n) is 5.56. The maximum absolute atomic E-state index is 13.2. The Morgan fingerprint density at radius 1 is 1.10 bits per heavy atom. The minimum absolute atomic E-state index is 0.0387. The summed E-state index contributed by atoms with van der Waals surface area (Å²) >= 11 is 0. The highest BCUT2D eigenvalue weighted by Gasteiger charge is 2.51. The van der Waals surface area contributed by atoms with E-state index < -0.39 is 32.1 Å². The van der Waals surface area contributed by atoms with Crippen LogP contribution in [0.1, 0.15) is 73.3 Å². The number of ketones is 3. The Bertz CT molecular complexity index is 1360. The van der Waals surface area contributed by atoms with E-state index in [4.69, 9.17) is 4.42 Å². The Morgan fingerprint density at radius 3 is 2.70 bits per heavy atom. The first-order valence-corrected chi connectivity index (χ1v) is 11.6. The second-order valence-electron chi connectivity index (χ2n) is 8.63. The lowest BCUT2D eigenvalue weighted by Gasteiger charge is -2.39. The Morgan fingerprint density at radius 2 is 1.90 bits per heavy atom. The number of carbonyl (C=O) groups excluding carboxylic acids is 3. The Balaban J connectivity index is 1.64. The number of fused-ring (bicyclic) bond motifs is 4. The molecular formula is C22H17NO6S. The number of aryl methyl sites for hydroxylation is 1. The van der Waals surface area contributed by atoms with Gasteiger partial charge in [0.05, 0.1) is 18.6 Å². The third-order valence-corrected chi connectivity index (χ3v) is 8.90. The van der Waals surface area contributed by atoms with Crippen molar-refractivity contribution in [2.24, 2.45) is 4.99 Å². The zero-order chi connectivity index (χ0) is 21.0. The molecule has 1 aromatic heterocycles. The van der Waals surface area contributed by atoms with Crippen molar-refractivity contribution in [2.45, 2.75) is 36.9 Å². The smallest absolute Gasteiger partial charge is 0.228 e. The largest absolute Gasteiger partial charge is 0.460 e. The number of hydrogen-bond donors (Lipinski definition) is 0. The van der Waals surface area contributed by atoms with Gasteiger partial charge in [0.1, 0.15) is 5.71 Å². The van der Waals surface area contributed by atoms with Crippen LogP contribution in [0, 0.1) is 0 Å². The molecule has 0 bridgehead atoms. The van der Waals surface area contributed by atoms with Gasteiger partial charge in [-0.3, -0.25) is 19.4 Å². The maximum atomic E-state index is 13.2. The molecule has 7 nitrogen and oxygen atoms in total. The molecule has 30 heavy (non-hydrogen) atoms. The van der Waals surface area contributed by atoms with Gasteiger partial charge in [-0.2, -0.15) is 0 Å². The first-order valence-electron chi connectivity index (χ1n) is 9.93. The molecule has 0 spiro atoms. The van der Waals surface area contributed by atoms with Gasteiger partial charge in [0.2, 0.25) is 11.6 Å². The van der Waals surface area contributed by atoms with Crippen LogP contribution in [0.3, 0.4) is 0 Å². The number of sulfone groups is 1. The molecule has 0 N–H and O–H groups in total. The van der Waals surface area contributed by atoms with E-state index in [-0.39, 0.29) is 34.9 Å². The highest BCUT2D eigenvalue weighted by Crippen LogP contribution is 2.50. The molecule has 0 amide bonds. The van der Waals surface area contributed by atoms with Crippen molar-refractivity contribution in [3.8, 4) is 0 Å². The van der Waals surface area contributed by atoms with Gasteiger partial charge in [-0.15, -0.1) is 0 Å². The summed E-state index contributed by atoms with van der Waals surface area (Å²) in [7, 11) is -3.79. The number of rotatable bonds is 0. The second kappa shape index (κ2) is 5.43. The van der Waals surface area contributed by atoms with Crippen LogP contribution >= 0.6 is 0 Å². The number of aliphatic imine (C=N–C) groups is 1. The Kier molecular flexibility index (Phi) is 3.25. The summed E-state index contributed by atoms with van der Waals surface area (Å²) in [5, 5.41) is -1.54. The highest BCUT2D eigenvalue weighted by atomic mass is 32.2. The molecule has 2 heterocycles. The summed E-state index contributed by atoms with van der Waals surface area (Å²) < 4.78 is 30.8. The van der Waals surface area contributed by atoms with Crippen LogP contribution in [0.15, 0.2) is 27.8 Å². The molecule has 0 radical (unpaired) electrons. The number of benzene rings is 1. The molecule has 1 aromatic carbocycles. The summed E-state index contributed by atoms with van der Waals surface area (Å²) in [5.74, 6) is -1.49. The summed E-state index contributed by atoms with van der Waals surface area (Å²) in [6.07, 6.45) is 4.10. The van der Waals surface area contributed by atoms with E-state index in [1.165, 1.54) is 6.07 Å². The predicted octanol–water partition coefficient (Wildman–Crippen LogP) is 2.08. The lowest BCUT2D eigenvalue weighted by Crippen LogP contribution is -2.50. The summed E-state index contributed by atoms with van der Waals surface area (Å²) in [6, 6.07) is 3.02. The van der Waals surface area contributed by atoms with E-state index in [0.717, 1.165) is 30.4 Å². The lowest BCUT2D eigenvalue weighted by molar-refractivity contribution is 0.0963. The molecule has 0 fully saturated rings. The molecule has 2 atom stereocenters. The minimum Gasteiger partial charge on any atom is -0.460 e. The van der Waals surface area contributed by atoms with Crippen molar-refractivity contribution in [1.82, 2.24) is 0 Å². The van der Waals surface area contributed by atoms with Crippen LogP contribution < -0.4 is 0 Å². The van der Waals surface area contributed by atoms with Gasteiger partial charge in [-0.05, 0) is 42.5 Å². The second-order valence-corrected chi connectivity index (χ2v) is 10.8. The van der Waals surface area contributed by atoms with E-state index in [1.54, 1.807) is 12.3 Å². The minimum atomic E-state index is -3.79. The van der Waals surface area contributed by atoms with E-state index in [9.17, 15) is 22.8 Å². The SMILES string of the molecule is CC12CCCc3coc(c31)C(=O)c1cc3c(cc12)C(=O)C1C(=NCCS1(=O)=O)C3=O. The summed E-state index contributed by atoms with van der Waals surface area (Å²) in [4.78, 5) is 43.6. The number of furan rings is 1. The number of hydrogen-bond acceptors (Lipinski definition) is 7. The van der Waals surface area contributed by atoms with Crippen LogP contribution in [0.5, 0.6) is 0 Å². The molecule has 2 aromatic rings. The summed E-state index contributed by atoms with van der Waals surface area (Å²) in [5.41, 5.74) is 2.20. The molecule has 6 rings (SSSR count). The zero-order valence-electron chi connectivity index (χ0n) is 16.1. The van der Waals surface area contributed by atoms with Gasteiger partial charge >= 0.3 is 0 Å². The normalized spacial score (nSPS) is 28.2.